The quantitative estimate of drug-likeness (QED) is 0.571. The van der Waals surface area contributed by atoms with Crippen molar-refractivity contribution in [2.45, 2.75) is 13.0 Å². The molecule has 1 rings (SSSR count). The highest BCUT2D eigenvalue weighted by Crippen LogP contribution is 2.10. The molecule has 0 bridgehead atoms. The standard InChI is InChI=1S/C13H16N2O/c1-3-9-14-10-13(16)15-11(2)12-7-5-4-6-8-12/h1,4-8,11,14H,9-10H2,2H3,(H,15,16)/t11-/m0/s1. The van der Waals surface area contributed by atoms with E-state index in [4.69, 9.17) is 6.42 Å². The van der Waals surface area contributed by atoms with Crippen molar-refractivity contribution >= 4 is 5.91 Å². The summed E-state index contributed by atoms with van der Waals surface area (Å²) in [5.74, 6) is 2.37. The first-order valence-corrected chi connectivity index (χ1v) is 5.22. The Balaban J connectivity index is 2.37. The Kier molecular flexibility index (Phi) is 5.10. The summed E-state index contributed by atoms with van der Waals surface area (Å²) in [4.78, 5) is 11.5. The summed E-state index contributed by atoms with van der Waals surface area (Å²) in [6, 6.07) is 9.84. The maximum Gasteiger partial charge on any atom is 0.234 e. The van der Waals surface area contributed by atoms with Crippen molar-refractivity contribution in [2.24, 2.45) is 0 Å². The molecule has 1 atom stereocenters. The largest absolute Gasteiger partial charge is 0.348 e. The van der Waals surface area contributed by atoms with Gasteiger partial charge in [-0.15, -0.1) is 6.42 Å². The molecule has 0 aliphatic rings. The molecule has 1 aromatic rings. The molecule has 0 heterocycles. The Hall–Kier alpha value is -1.79. The molecule has 0 fully saturated rings. The second kappa shape index (κ2) is 6.65. The molecule has 0 saturated heterocycles. The van der Waals surface area contributed by atoms with E-state index in [0.717, 1.165) is 5.56 Å². The number of carbonyl (C=O) groups excluding carboxylic acids is 1. The van der Waals surface area contributed by atoms with E-state index in [0.29, 0.717) is 6.54 Å². The second-order valence-electron chi connectivity index (χ2n) is 3.51. The minimum absolute atomic E-state index is 0.0151. The molecular weight excluding hydrogens is 200 g/mol. The first-order valence-electron chi connectivity index (χ1n) is 5.22. The van der Waals surface area contributed by atoms with Crippen LogP contribution >= 0.6 is 0 Å². The number of amides is 1. The molecule has 2 N–H and O–H groups in total. The van der Waals surface area contributed by atoms with E-state index < -0.39 is 0 Å². The Bertz CT molecular complexity index is 367. The Morgan fingerprint density at radius 2 is 2.12 bits per heavy atom. The fourth-order valence-electron chi connectivity index (χ4n) is 1.37. The maximum atomic E-state index is 11.5. The topological polar surface area (TPSA) is 41.1 Å². The SMILES string of the molecule is C#CCNCC(=O)N[C@@H](C)c1ccccc1. The fourth-order valence-corrected chi connectivity index (χ4v) is 1.37. The van der Waals surface area contributed by atoms with E-state index in [1.807, 2.05) is 37.3 Å². The first kappa shape index (κ1) is 12.3. The van der Waals surface area contributed by atoms with Gasteiger partial charge in [-0.3, -0.25) is 10.1 Å². The second-order valence-corrected chi connectivity index (χ2v) is 3.51. The molecule has 0 unspecified atom stereocenters. The van der Waals surface area contributed by atoms with Gasteiger partial charge in [0.2, 0.25) is 5.91 Å². The van der Waals surface area contributed by atoms with Gasteiger partial charge in [-0.25, -0.2) is 0 Å². The van der Waals surface area contributed by atoms with Crippen LogP contribution in [0.15, 0.2) is 30.3 Å². The van der Waals surface area contributed by atoms with Crippen LogP contribution in [-0.4, -0.2) is 19.0 Å². The van der Waals surface area contributed by atoms with Crippen molar-refractivity contribution in [3.8, 4) is 12.3 Å². The van der Waals surface area contributed by atoms with Crippen LogP contribution in [-0.2, 0) is 4.79 Å². The van der Waals surface area contributed by atoms with Crippen molar-refractivity contribution in [1.29, 1.82) is 0 Å². The van der Waals surface area contributed by atoms with Gasteiger partial charge in [0.25, 0.3) is 0 Å². The van der Waals surface area contributed by atoms with Crippen LogP contribution < -0.4 is 10.6 Å². The molecule has 3 heteroatoms. The van der Waals surface area contributed by atoms with Crippen molar-refractivity contribution < 1.29 is 4.79 Å². The lowest BCUT2D eigenvalue weighted by Gasteiger charge is -2.14. The molecule has 1 aromatic carbocycles. The fraction of sp³-hybridized carbons (Fsp3) is 0.308. The molecule has 0 saturated carbocycles. The Morgan fingerprint density at radius 3 is 2.75 bits per heavy atom. The van der Waals surface area contributed by atoms with Gasteiger partial charge in [-0.05, 0) is 12.5 Å². The van der Waals surface area contributed by atoms with Crippen LogP contribution in [0.4, 0.5) is 0 Å². The lowest BCUT2D eigenvalue weighted by atomic mass is 10.1. The van der Waals surface area contributed by atoms with Gasteiger partial charge in [0.15, 0.2) is 0 Å². The monoisotopic (exact) mass is 216 g/mol. The number of terminal acetylenes is 1. The highest BCUT2D eigenvalue weighted by molar-refractivity contribution is 5.78. The summed E-state index contributed by atoms with van der Waals surface area (Å²) in [7, 11) is 0. The molecule has 3 nitrogen and oxygen atoms in total. The van der Waals surface area contributed by atoms with Crippen molar-refractivity contribution in [3.63, 3.8) is 0 Å². The summed E-state index contributed by atoms with van der Waals surface area (Å²) < 4.78 is 0. The Labute approximate surface area is 96.2 Å². The zero-order valence-electron chi connectivity index (χ0n) is 9.36. The van der Waals surface area contributed by atoms with Crippen LogP contribution in [0.2, 0.25) is 0 Å². The summed E-state index contributed by atoms with van der Waals surface area (Å²) in [6.07, 6.45) is 5.06. The summed E-state index contributed by atoms with van der Waals surface area (Å²) >= 11 is 0. The highest BCUT2D eigenvalue weighted by Gasteiger charge is 2.07. The van der Waals surface area contributed by atoms with E-state index in [-0.39, 0.29) is 18.5 Å². The zero-order chi connectivity index (χ0) is 11.8. The molecule has 0 spiro atoms. The number of benzene rings is 1. The minimum Gasteiger partial charge on any atom is -0.348 e. The lowest BCUT2D eigenvalue weighted by Crippen LogP contribution is -2.35. The summed E-state index contributed by atoms with van der Waals surface area (Å²) in [6.45, 7) is 2.61. The molecule has 16 heavy (non-hydrogen) atoms. The third kappa shape index (κ3) is 4.16. The van der Waals surface area contributed by atoms with Gasteiger partial charge < -0.3 is 5.32 Å². The van der Waals surface area contributed by atoms with Crippen LogP contribution in [0.1, 0.15) is 18.5 Å². The predicted octanol–water partition coefficient (Wildman–Crippen LogP) is 1.09. The average Bonchev–Trinajstić information content (AvgIpc) is 2.30. The first-order chi connectivity index (χ1) is 7.74. The number of rotatable bonds is 5. The molecule has 0 aliphatic heterocycles. The van der Waals surface area contributed by atoms with Gasteiger partial charge in [-0.2, -0.15) is 0 Å². The molecular formula is C13H16N2O. The molecule has 0 aromatic heterocycles. The molecule has 0 radical (unpaired) electrons. The lowest BCUT2D eigenvalue weighted by molar-refractivity contribution is -0.120. The number of hydrogen-bond acceptors (Lipinski definition) is 2. The van der Waals surface area contributed by atoms with Gasteiger partial charge in [0, 0.05) is 0 Å². The average molecular weight is 216 g/mol. The van der Waals surface area contributed by atoms with Crippen LogP contribution in [0.25, 0.3) is 0 Å². The smallest absolute Gasteiger partial charge is 0.234 e. The van der Waals surface area contributed by atoms with E-state index in [1.165, 1.54) is 0 Å². The highest BCUT2D eigenvalue weighted by atomic mass is 16.1. The third-order valence-corrected chi connectivity index (χ3v) is 2.19. The van der Waals surface area contributed by atoms with Crippen LogP contribution in [0, 0.1) is 12.3 Å². The predicted molar refractivity (Wildman–Crippen MR) is 64.7 cm³/mol. The third-order valence-electron chi connectivity index (χ3n) is 2.19. The van der Waals surface area contributed by atoms with Crippen molar-refractivity contribution in [1.82, 2.24) is 10.6 Å². The van der Waals surface area contributed by atoms with Gasteiger partial charge in [0.05, 0.1) is 19.1 Å². The maximum absolute atomic E-state index is 11.5. The zero-order valence-corrected chi connectivity index (χ0v) is 9.36. The number of hydrogen-bond donors (Lipinski definition) is 2. The van der Waals surface area contributed by atoms with E-state index in [9.17, 15) is 4.79 Å². The number of nitrogens with one attached hydrogen (secondary N) is 2. The number of carbonyl (C=O) groups is 1. The van der Waals surface area contributed by atoms with Gasteiger partial charge in [0.1, 0.15) is 0 Å². The normalized spacial score (nSPS) is 11.5. The summed E-state index contributed by atoms with van der Waals surface area (Å²) in [5.41, 5.74) is 1.09. The van der Waals surface area contributed by atoms with E-state index in [1.54, 1.807) is 0 Å². The Morgan fingerprint density at radius 1 is 1.44 bits per heavy atom. The molecule has 84 valence electrons. The van der Waals surface area contributed by atoms with Crippen LogP contribution in [0.5, 0.6) is 0 Å². The van der Waals surface area contributed by atoms with E-state index in [2.05, 4.69) is 16.6 Å². The minimum atomic E-state index is -0.0494. The summed E-state index contributed by atoms with van der Waals surface area (Å²) in [5, 5.41) is 5.73. The van der Waals surface area contributed by atoms with Crippen molar-refractivity contribution in [3.05, 3.63) is 35.9 Å². The molecule has 0 aliphatic carbocycles. The van der Waals surface area contributed by atoms with Crippen molar-refractivity contribution in [2.75, 3.05) is 13.1 Å². The van der Waals surface area contributed by atoms with E-state index >= 15 is 0 Å². The van der Waals surface area contributed by atoms with Gasteiger partial charge in [-0.1, -0.05) is 36.3 Å². The van der Waals surface area contributed by atoms with Gasteiger partial charge >= 0.3 is 0 Å². The van der Waals surface area contributed by atoms with Crippen LogP contribution in [0.3, 0.4) is 0 Å². The molecule has 1 amide bonds.